The van der Waals surface area contributed by atoms with Gasteiger partial charge in [0.05, 0.1) is 25.4 Å². The highest BCUT2D eigenvalue weighted by Gasteiger charge is 2.35. The Balaban J connectivity index is 1.44. The van der Waals surface area contributed by atoms with Gasteiger partial charge in [0.15, 0.2) is 12.4 Å². The molecule has 9 nitrogen and oxygen atoms in total. The zero-order chi connectivity index (χ0) is 27.8. The first-order valence-electron chi connectivity index (χ1n) is 13.6. The normalized spacial score (nSPS) is 24.3. The van der Waals surface area contributed by atoms with Crippen molar-refractivity contribution >= 4 is 11.9 Å². The predicted octanol–water partition coefficient (Wildman–Crippen LogP) is 3.40. The van der Waals surface area contributed by atoms with Crippen molar-refractivity contribution in [1.29, 1.82) is 0 Å². The summed E-state index contributed by atoms with van der Waals surface area (Å²) in [6, 6.07) is 16.1. The van der Waals surface area contributed by atoms with E-state index >= 15 is 0 Å². The second kappa shape index (κ2) is 14.0. The minimum Gasteiger partial charge on any atom is -0.453 e. The Labute approximate surface area is 230 Å². The smallest absolute Gasteiger partial charge is 0.303 e. The first-order valence-corrected chi connectivity index (χ1v) is 13.6. The molecule has 2 aliphatic heterocycles. The molecule has 2 heterocycles. The van der Waals surface area contributed by atoms with Crippen molar-refractivity contribution in [3.8, 4) is 0 Å². The Hall–Kier alpha value is -2.82. The van der Waals surface area contributed by atoms with Crippen molar-refractivity contribution in [3.05, 3.63) is 70.8 Å². The predicted molar refractivity (Wildman–Crippen MR) is 144 cm³/mol. The third-order valence-electron chi connectivity index (χ3n) is 7.34. The van der Waals surface area contributed by atoms with Gasteiger partial charge >= 0.3 is 5.97 Å². The third kappa shape index (κ3) is 8.09. The van der Waals surface area contributed by atoms with Gasteiger partial charge in [0.1, 0.15) is 0 Å². The van der Waals surface area contributed by atoms with Crippen LogP contribution in [0.4, 0.5) is 0 Å². The van der Waals surface area contributed by atoms with Crippen LogP contribution in [-0.4, -0.2) is 66.9 Å². The van der Waals surface area contributed by atoms with Crippen LogP contribution >= 0.6 is 0 Å². The van der Waals surface area contributed by atoms with E-state index < -0.39 is 18.4 Å². The highest BCUT2D eigenvalue weighted by atomic mass is 16.7. The number of benzene rings is 2. The quantitative estimate of drug-likeness (QED) is 0.418. The summed E-state index contributed by atoms with van der Waals surface area (Å²) in [5.74, 6) is -0.839. The van der Waals surface area contributed by atoms with Gasteiger partial charge in [0.25, 0.3) is 5.91 Å². The van der Waals surface area contributed by atoms with Crippen molar-refractivity contribution in [1.82, 2.24) is 10.2 Å². The molecule has 2 aromatic rings. The molecule has 2 fully saturated rings. The maximum absolute atomic E-state index is 12.2. The highest BCUT2D eigenvalue weighted by Crippen LogP contribution is 2.38. The lowest BCUT2D eigenvalue weighted by atomic mass is 9.99. The second-order valence-electron chi connectivity index (χ2n) is 10.3. The summed E-state index contributed by atoms with van der Waals surface area (Å²) in [6.45, 7) is 5.70. The molecule has 5 atom stereocenters. The minimum absolute atomic E-state index is 0.00544. The number of rotatable bonds is 11. The summed E-state index contributed by atoms with van der Waals surface area (Å²) >= 11 is 0. The molecular weight excluding hydrogens is 500 g/mol. The van der Waals surface area contributed by atoms with Crippen LogP contribution in [0.5, 0.6) is 0 Å². The maximum atomic E-state index is 12.2. The van der Waals surface area contributed by atoms with Gasteiger partial charge in [-0.15, -0.1) is 0 Å². The van der Waals surface area contributed by atoms with E-state index in [0.29, 0.717) is 12.6 Å². The number of carbonyl (C=O) groups is 2. The molecule has 9 heteroatoms. The van der Waals surface area contributed by atoms with Gasteiger partial charge in [-0.2, -0.15) is 0 Å². The number of aliphatic hydroxyl groups excluding tert-OH is 1. The van der Waals surface area contributed by atoms with E-state index in [1.165, 1.54) is 6.92 Å². The average molecular weight is 541 g/mol. The van der Waals surface area contributed by atoms with Crippen LogP contribution in [-0.2, 0) is 41.7 Å². The van der Waals surface area contributed by atoms with Crippen LogP contribution in [0.25, 0.3) is 0 Å². The molecule has 0 saturated carbocycles. The number of esters is 1. The summed E-state index contributed by atoms with van der Waals surface area (Å²) in [5, 5.41) is 12.2. The number of nitrogens with one attached hydrogen (secondary N) is 1. The van der Waals surface area contributed by atoms with E-state index in [1.54, 1.807) is 14.0 Å². The van der Waals surface area contributed by atoms with E-state index in [2.05, 4.69) is 10.2 Å². The van der Waals surface area contributed by atoms with Gasteiger partial charge in [-0.05, 0) is 43.0 Å². The van der Waals surface area contributed by atoms with Gasteiger partial charge in [-0.3, -0.25) is 14.5 Å². The third-order valence-corrected chi connectivity index (χ3v) is 7.34. The fraction of sp³-hybridized carbons (Fsp3) is 0.533. The number of carbonyl (C=O) groups excluding carboxylic acids is 2. The van der Waals surface area contributed by atoms with Crippen LogP contribution in [0.3, 0.4) is 0 Å². The number of amides is 1. The summed E-state index contributed by atoms with van der Waals surface area (Å²) in [5.41, 5.74) is 3.73. The van der Waals surface area contributed by atoms with Crippen molar-refractivity contribution in [2.75, 3.05) is 26.8 Å². The van der Waals surface area contributed by atoms with Gasteiger partial charge in [0.2, 0.25) is 0 Å². The molecule has 2 aliphatic rings. The van der Waals surface area contributed by atoms with Crippen LogP contribution in [0.15, 0.2) is 48.5 Å². The molecule has 212 valence electrons. The number of likely N-dealkylation sites (tertiary alicyclic amines) is 1. The van der Waals surface area contributed by atoms with E-state index in [4.69, 9.17) is 18.9 Å². The molecule has 39 heavy (non-hydrogen) atoms. The minimum atomic E-state index is -0.842. The topological polar surface area (TPSA) is 107 Å². The summed E-state index contributed by atoms with van der Waals surface area (Å²) in [6.07, 6.45) is 1.47. The maximum Gasteiger partial charge on any atom is 0.303 e. The number of ether oxygens (including phenoxy) is 4. The number of hydrogen-bond acceptors (Lipinski definition) is 8. The lowest BCUT2D eigenvalue weighted by Gasteiger charge is -2.38. The van der Waals surface area contributed by atoms with Crippen LogP contribution in [0.2, 0.25) is 0 Å². The molecule has 0 radical (unpaired) electrons. The first kappa shape index (κ1) is 29.2. The fourth-order valence-corrected chi connectivity index (χ4v) is 5.24. The molecule has 2 aromatic carbocycles. The molecule has 4 rings (SSSR count). The Morgan fingerprint density at radius 2 is 1.77 bits per heavy atom. The zero-order valence-corrected chi connectivity index (χ0v) is 23.0. The molecule has 0 bridgehead atoms. The lowest BCUT2D eigenvalue weighted by Crippen LogP contribution is -2.42. The lowest BCUT2D eigenvalue weighted by molar-refractivity contribution is -0.253. The van der Waals surface area contributed by atoms with Gasteiger partial charge in [-0.1, -0.05) is 48.5 Å². The Morgan fingerprint density at radius 3 is 2.44 bits per heavy atom. The Bertz CT molecular complexity index is 1080. The SMILES string of the molecule is COCC1CCCN1CC1CC(c2ccc(CO)cc2)OC(c2ccc(CNC(=O)C(C)OC(C)=O)cc2)O1. The van der Waals surface area contributed by atoms with Crippen molar-refractivity contribution in [3.63, 3.8) is 0 Å². The Morgan fingerprint density at radius 1 is 1.08 bits per heavy atom. The van der Waals surface area contributed by atoms with Gasteiger partial charge in [0, 0.05) is 45.1 Å². The van der Waals surface area contributed by atoms with E-state index in [9.17, 15) is 14.7 Å². The summed E-state index contributed by atoms with van der Waals surface area (Å²) < 4.78 is 23.3. The van der Waals surface area contributed by atoms with Crippen molar-refractivity contribution < 1.29 is 33.6 Å². The van der Waals surface area contributed by atoms with E-state index in [0.717, 1.165) is 61.2 Å². The second-order valence-corrected chi connectivity index (χ2v) is 10.3. The largest absolute Gasteiger partial charge is 0.453 e. The zero-order valence-electron chi connectivity index (χ0n) is 23.0. The van der Waals surface area contributed by atoms with Crippen LogP contribution in [0, 0.1) is 0 Å². The van der Waals surface area contributed by atoms with Crippen molar-refractivity contribution in [2.45, 2.75) is 76.9 Å². The first-order chi connectivity index (χ1) is 18.9. The molecule has 2 saturated heterocycles. The fourth-order valence-electron chi connectivity index (χ4n) is 5.24. The number of aliphatic hydroxyl groups is 1. The van der Waals surface area contributed by atoms with Gasteiger partial charge in [-0.25, -0.2) is 0 Å². The average Bonchev–Trinajstić information content (AvgIpc) is 3.38. The molecule has 0 spiro atoms. The molecular formula is C30H40N2O7. The number of nitrogens with zero attached hydrogens (tertiary/aromatic N) is 1. The molecule has 2 N–H and O–H groups in total. The highest BCUT2D eigenvalue weighted by molar-refractivity contribution is 5.82. The Kier molecular flexibility index (Phi) is 10.5. The van der Waals surface area contributed by atoms with Crippen LogP contribution < -0.4 is 5.32 Å². The van der Waals surface area contributed by atoms with E-state index in [-0.39, 0.29) is 24.7 Å². The number of methoxy groups -OCH3 is 1. The van der Waals surface area contributed by atoms with E-state index in [1.807, 2.05) is 48.5 Å². The monoisotopic (exact) mass is 540 g/mol. The molecule has 0 aliphatic carbocycles. The summed E-state index contributed by atoms with van der Waals surface area (Å²) in [7, 11) is 1.75. The molecule has 1 amide bonds. The molecule has 5 unspecified atom stereocenters. The number of hydrogen-bond donors (Lipinski definition) is 2. The molecule has 0 aromatic heterocycles. The standard InChI is InChI=1S/C30H40N2O7/c1-20(37-21(2)34)29(35)31-16-22-6-12-25(13-7-22)30-38-27(17-32-14-4-5-26(32)19-36-3)15-28(39-30)24-10-8-23(18-33)9-11-24/h6-13,20,26-28,30,33H,4-5,14-19H2,1-3H3,(H,31,35). The van der Waals surface area contributed by atoms with Crippen molar-refractivity contribution in [2.24, 2.45) is 0 Å². The summed E-state index contributed by atoms with van der Waals surface area (Å²) in [4.78, 5) is 25.7. The van der Waals surface area contributed by atoms with Crippen LogP contribution in [0.1, 0.15) is 67.8 Å². The van der Waals surface area contributed by atoms with Gasteiger partial charge < -0.3 is 29.4 Å².